The number of benzene rings is 5. The molecule has 270 valence electrons. The fraction of sp³-hybridized carbons (Fsp3) is 0.353. The van der Waals surface area contributed by atoms with Crippen LogP contribution >= 0.6 is 0 Å². The molecule has 0 aliphatic heterocycles. The third-order valence-corrected chi connectivity index (χ3v) is 13.8. The lowest BCUT2D eigenvalue weighted by molar-refractivity contribution is 0.435. The van der Waals surface area contributed by atoms with E-state index in [2.05, 4.69) is 108 Å². The van der Waals surface area contributed by atoms with Crippen LogP contribution in [0.4, 0.5) is 0 Å². The predicted molar refractivity (Wildman–Crippen MR) is 226 cm³/mol. The first kappa shape index (κ1) is 32.5. The average molecular weight is 707 g/mol. The molecule has 0 saturated heterocycles. The van der Waals surface area contributed by atoms with Crippen molar-refractivity contribution in [3.63, 3.8) is 0 Å². The maximum Gasteiger partial charge on any atom is 0.145 e. The molecule has 3 aromatic heterocycles. The van der Waals surface area contributed by atoms with E-state index in [-0.39, 0.29) is 0 Å². The van der Waals surface area contributed by atoms with Gasteiger partial charge in [0.25, 0.3) is 0 Å². The van der Waals surface area contributed by atoms with Gasteiger partial charge in [-0.2, -0.15) is 0 Å². The highest BCUT2D eigenvalue weighted by molar-refractivity contribution is 6.13. The SMILES string of the molecule is c1ccc2c(c1)c1ccccc1n1c(-c3ccc(-c4cc(C5CCCCC5)cc5c4oc4c(C6CCCCC6)cc(C6CCCCC6)cc45)cc3)cnc21. The van der Waals surface area contributed by atoms with Crippen LogP contribution in [-0.4, -0.2) is 9.38 Å². The lowest BCUT2D eigenvalue weighted by Gasteiger charge is -2.26. The van der Waals surface area contributed by atoms with Gasteiger partial charge in [-0.05, 0) is 108 Å². The zero-order valence-corrected chi connectivity index (χ0v) is 31.5. The topological polar surface area (TPSA) is 30.4 Å². The Morgan fingerprint density at radius 2 is 1.04 bits per heavy atom. The number of furan rings is 1. The van der Waals surface area contributed by atoms with Crippen LogP contribution in [0.15, 0.2) is 108 Å². The summed E-state index contributed by atoms with van der Waals surface area (Å²) in [5.41, 5.74) is 13.8. The maximum atomic E-state index is 7.24. The molecule has 3 fully saturated rings. The van der Waals surface area contributed by atoms with Crippen LogP contribution < -0.4 is 0 Å². The summed E-state index contributed by atoms with van der Waals surface area (Å²) in [6.07, 6.45) is 22.1. The Morgan fingerprint density at radius 1 is 0.481 bits per heavy atom. The number of hydrogen-bond donors (Lipinski definition) is 0. The molecular weight excluding hydrogens is 657 g/mol. The number of pyridine rings is 1. The normalized spacial score (nSPS) is 18.1. The largest absolute Gasteiger partial charge is 0.455 e. The number of fused-ring (bicyclic) bond motifs is 9. The average Bonchev–Trinajstić information content (AvgIpc) is 3.87. The van der Waals surface area contributed by atoms with E-state index in [1.54, 1.807) is 5.56 Å². The highest BCUT2D eigenvalue weighted by atomic mass is 16.3. The van der Waals surface area contributed by atoms with Crippen LogP contribution in [-0.2, 0) is 0 Å². The third-order valence-electron chi connectivity index (χ3n) is 13.8. The Hall–Kier alpha value is -4.89. The van der Waals surface area contributed by atoms with Crippen LogP contribution in [0.3, 0.4) is 0 Å². The molecule has 3 heteroatoms. The molecule has 0 unspecified atom stereocenters. The van der Waals surface area contributed by atoms with Crippen molar-refractivity contribution >= 4 is 49.3 Å². The smallest absolute Gasteiger partial charge is 0.145 e. The van der Waals surface area contributed by atoms with E-state index in [1.165, 1.54) is 162 Å². The van der Waals surface area contributed by atoms with Gasteiger partial charge in [0, 0.05) is 32.7 Å². The van der Waals surface area contributed by atoms with E-state index in [1.807, 2.05) is 0 Å². The molecule has 3 saturated carbocycles. The molecule has 8 aromatic rings. The van der Waals surface area contributed by atoms with Gasteiger partial charge in [0.15, 0.2) is 0 Å². The fourth-order valence-electron chi connectivity index (χ4n) is 10.9. The van der Waals surface area contributed by atoms with Crippen molar-refractivity contribution in [3.05, 3.63) is 120 Å². The second kappa shape index (κ2) is 13.4. The van der Waals surface area contributed by atoms with Gasteiger partial charge in [0.2, 0.25) is 0 Å². The highest BCUT2D eigenvalue weighted by Crippen LogP contribution is 2.47. The molecule has 0 amide bonds. The number of rotatable bonds is 5. The van der Waals surface area contributed by atoms with Crippen LogP contribution in [0.5, 0.6) is 0 Å². The molecule has 0 spiro atoms. The molecule has 0 N–H and O–H groups in total. The zero-order chi connectivity index (χ0) is 35.6. The van der Waals surface area contributed by atoms with Gasteiger partial charge in [-0.25, -0.2) is 4.98 Å². The van der Waals surface area contributed by atoms with E-state index >= 15 is 0 Å². The van der Waals surface area contributed by atoms with Gasteiger partial charge in [-0.3, -0.25) is 4.40 Å². The van der Waals surface area contributed by atoms with Crippen molar-refractivity contribution in [1.82, 2.24) is 9.38 Å². The Kier molecular flexibility index (Phi) is 8.10. The summed E-state index contributed by atoms with van der Waals surface area (Å²) < 4.78 is 9.59. The van der Waals surface area contributed by atoms with Crippen LogP contribution in [0, 0.1) is 0 Å². The van der Waals surface area contributed by atoms with Gasteiger partial charge in [-0.1, -0.05) is 131 Å². The van der Waals surface area contributed by atoms with Gasteiger partial charge < -0.3 is 4.42 Å². The molecular formula is C51H50N2O. The van der Waals surface area contributed by atoms with E-state index in [9.17, 15) is 0 Å². The summed E-state index contributed by atoms with van der Waals surface area (Å²) in [5, 5.41) is 6.39. The lowest BCUT2D eigenvalue weighted by Crippen LogP contribution is -2.08. The molecule has 3 heterocycles. The van der Waals surface area contributed by atoms with Crippen molar-refractivity contribution in [2.45, 2.75) is 114 Å². The van der Waals surface area contributed by atoms with E-state index in [0.29, 0.717) is 17.8 Å². The second-order valence-corrected chi connectivity index (χ2v) is 17.0. The summed E-state index contributed by atoms with van der Waals surface area (Å²) in [5.74, 6) is 1.90. The molecule has 0 atom stereocenters. The monoisotopic (exact) mass is 706 g/mol. The fourth-order valence-corrected chi connectivity index (χ4v) is 10.9. The first-order chi connectivity index (χ1) is 26.8. The molecule has 5 aromatic carbocycles. The molecule has 3 nitrogen and oxygen atoms in total. The minimum atomic E-state index is 0.601. The minimum absolute atomic E-state index is 0.601. The number of imidazole rings is 1. The van der Waals surface area contributed by atoms with Crippen molar-refractivity contribution in [3.8, 4) is 22.4 Å². The first-order valence-electron chi connectivity index (χ1n) is 21.2. The number of para-hydroxylation sites is 1. The Morgan fingerprint density at radius 3 is 1.72 bits per heavy atom. The van der Waals surface area contributed by atoms with Crippen LogP contribution in [0.1, 0.15) is 131 Å². The van der Waals surface area contributed by atoms with Crippen LogP contribution in [0.2, 0.25) is 0 Å². The van der Waals surface area contributed by atoms with Crippen molar-refractivity contribution in [1.29, 1.82) is 0 Å². The molecule has 3 aliphatic carbocycles. The molecule has 3 aliphatic rings. The van der Waals surface area contributed by atoms with Gasteiger partial charge >= 0.3 is 0 Å². The number of hydrogen-bond acceptors (Lipinski definition) is 2. The maximum absolute atomic E-state index is 7.24. The highest BCUT2D eigenvalue weighted by Gasteiger charge is 2.27. The Bertz CT molecular complexity index is 2660. The van der Waals surface area contributed by atoms with Crippen molar-refractivity contribution < 1.29 is 4.42 Å². The third kappa shape index (κ3) is 5.41. The Labute approximate surface area is 318 Å². The van der Waals surface area contributed by atoms with Gasteiger partial charge in [0.1, 0.15) is 16.8 Å². The van der Waals surface area contributed by atoms with Gasteiger partial charge in [-0.15, -0.1) is 0 Å². The predicted octanol–water partition coefficient (Wildman–Crippen LogP) is 15.0. The zero-order valence-electron chi connectivity index (χ0n) is 31.5. The standard InChI is InChI=1S/C51H50N2O/c1-4-14-33(15-5-1)38-28-43(35-18-8-3-9-19-35)49-45(30-38)46-31-39(34-16-6-2-7-17-34)29-44(50(46)54-49)36-24-26-37(27-25-36)48-32-52-51-42-22-11-10-20-40(42)41-21-12-13-23-47(41)53(48)51/h10-13,20-35H,1-9,14-19H2. The molecule has 11 rings (SSSR count). The second-order valence-electron chi connectivity index (χ2n) is 17.0. The van der Waals surface area contributed by atoms with E-state index in [0.717, 1.165) is 16.9 Å². The summed E-state index contributed by atoms with van der Waals surface area (Å²) >= 11 is 0. The van der Waals surface area contributed by atoms with Crippen LogP contribution in [0.25, 0.3) is 71.6 Å². The molecule has 0 radical (unpaired) electrons. The number of aromatic nitrogens is 2. The molecule has 54 heavy (non-hydrogen) atoms. The summed E-state index contributed by atoms with van der Waals surface area (Å²) in [7, 11) is 0. The number of nitrogens with zero attached hydrogens (tertiary/aromatic N) is 2. The lowest BCUT2D eigenvalue weighted by atomic mass is 9.79. The molecule has 0 bridgehead atoms. The van der Waals surface area contributed by atoms with Crippen molar-refractivity contribution in [2.24, 2.45) is 0 Å². The minimum Gasteiger partial charge on any atom is -0.455 e. The van der Waals surface area contributed by atoms with Crippen molar-refractivity contribution in [2.75, 3.05) is 0 Å². The van der Waals surface area contributed by atoms with E-state index in [4.69, 9.17) is 9.40 Å². The first-order valence-corrected chi connectivity index (χ1v) is 21.2. The summed E-state index contributed by atoms with van der Waals surface area (Å²) in [4.78, 5) is 5.02. The van der Waals surface area contributed by atoms with E-state index < -0.39 is 0 Å². The quantitative estimate of drug-likeness (QED) is 0.167. The Balaban J connectivity index is 1.09. The summed E-state index contributed by atoms with van der Waals surface area (Å²) in [6, 6.07) is 36.9. The summed E-state index contributed by atoms with van der Waals surface area (Å²) in [6.45, 7) is 0. The van der Waals surface area contributed by atoms with Gasteiger partial charge in [0.05, 0.1) is 17.4 Å².